The van der Waals surface area contributed by atoms with Gasteiger partial charge in [0.1, 0.15) is 6.04 Å². The molecule has 0 saturated carbocycles. The first-order valence-electron chi connectivity index (χ1n) is 5.11. The third-order valence-electron chi connectivity index (χ3n) is 2.28. The number of amides is 2. The number of nitrogens with one attached hydrogen (secondary N) is 1. The van der Waals surface area contributed by atoms with Crippen molar-refractivity contribution in [2.75, 3.05) is 0 Å². The maximum absolute atomic E-state index is 11.1. The highest BCUT2D eigenvalue weighted by atomic mass is 16.2. The summed E-state index contributed by atoms with van der Waals surface area (Å²) in [5.41, 5.74) is 7.34. The van der Waals surface area contributed by atoms with Crippen LogP contribution < -0.4 is 11.1 Å². The van der Waals surface area contributed by atoms with Gasteiger partial charge in [-0.2, -0.15) is 0 Å². The lowest BCUT2D eigenvalue weighted by Crippen LogP contribution is -2.44. The lowest BCUT2D eigenvalue weighted by atomic mass is 10.0. The van der Waals surface area contributed by atoms with E-state index < -0.39 is 11.9 Å². The van der Waals surface area contributed by atoms with E-state index >= 15 is 0 Å². The summed E-state index contributed by atoms with van der Waals surface area (Å²) in [4.78, 5) is 22.0. The molecule has 0 aromatic heterocycles. The molecule has 1 aromatic rings. The molecule has 0 aliphatic rings. The summed E-state index contributed by atoms with van der Waals surface area (Å²) in [6.45, 7) is 3.36. The van der Waals surface area contributed by atoms with Crippen molar-refractivity contribution in [3.8, 4) is 0 Å². The molecule has 0 heterocycles. The number of hydrogen-bond donors (Lipinski definition) is 2. The Hall–Kier alpha value is -1.84. The van der Waals surface area contributed by atoms with Gasteiger partial charge in [-0.3, -0.25) is 9.59 Å². The van der Waals surface area contributed by atoms with Gasteiger partial charge in [-0.25, -0.2) is 0 Å². The van der Waals surface area contributed by atoms with E-state index in [1.807, 2.05) is 31.2 Å². The topological polar surface area (TPSA) is 72.2 Å². The highest BCUT2D eigenvalue weighted by Crippen LogP contribution is 2.06. The van der Waals surface area contributed by atoms with Crippen LogP contribution >= 0.6 is 0 Å². The molecule has 0 aliphatic heterocycles. The van der Waals surface area contributed by atoms with E-state index in [9.17, 15) is 9.59 Å². The number of rotatable bonds is 4. The summed E-state index contributed by atoms with van der Waals surface area (Å²) in [6, 6.07) is 7.13. The van der Waals surface area contributed by atoms with Gasteiger partial charge in [-0.15, -0.1) is 0 Å². The average molecular weight is 220 g/mol. The maximum Gasteiger partial charge on any atom is 0.240 e. The standard InChI is InChI=1S/C12H16N2O2/c1-8-3-5-10(6-4-8)7-11(12(13)16)14-9(2)15/h3-6,11H,7H2,1-2H3,(H2,13,16)(H,14,15)/t11-/m1/s1. The molecule has 4 heteroatoms. The Balaban J connectivity index is 2.71. The Morgan fingerprint density at radius 1 is 1.31 bits per heavy atom. The molecule has 16 heavy (non-hydrogen) atoms. The summed E-state index contributed by atoms with van der Waals surface area (Å²) in [7, 11) is 0. The lowest BCUT2D eigenvalue weighted by Gasteiger charge is -2.14. The number of nitrogens with two attached hydrogens (primary N) is 1. The minimum atomic E-state index is -0.639. The lowest BCUT2D eigenvalue weighted by molar-refractivity contribution is -0.126. The summed E-state index contributed by atoms with van der Waals surface area (Å²) in [6.07, 6.45) is 0.426. The Labute approximate surface area is 94.8 Å². The number of hydrogen-bond acceptors (Lipinski definition) is 2. The minimum Gasteiger partial charge on any atom is -0.368 e. The van der Waals surface area contributed by atoms with Gasteiger partial charge in [0.05, 0.1) is 0 Å². The molecule has 4 nitrogen and oxygen atoms in total. The van der Waals surface area contributed by atoms with Crippen LogP contribution in [0.2, 0.25) is 0 Å². The molecule has 0 bridgehead atoms. The van der Waals surface area contributed by atoms with Crippen LogP contribution in [0.1, 0.15) is 18.1 Å². The molecule has 0 unspecified atom stereocenters. The minimum absolute atomic E-state index is 0.254. The van der Waals surface area contributed by atoms with Crippen molar-refractivity contribution in [3.05, 3.63) is 35.4 Å². The van der Waals surface area contributed by atoms with Crippen molar-refractivity contribution in [2.24, 2.45) is 5.73 Å². The van der Waals surface area contributed by atoms with E-state index in [2.05, 4.69) is 5.32 Å². The molecule has 1 aromatic carbocycles. The Morgan fingerprint density at radius 3 is 2.31 bits per heavy atom. The van der Waals surface area contributed by atoms with E-state index in [-0.39, 0.29) is 5.91 Å². The van der Waals surface area contributed by atoms with E-state index in [4.69, 9.17) is 5.73 Å². The molecule has 1 rings (SSSR count). The number of primary amides is 1. The smallest absolute Gasteiger partial charge is 0.240 e. The van der Waals surface area contributed by atoms with Crippen LogP contribution in [0.3, 0.4) is 0 Å². The summed E-state index contributed by atoms with van der Waals surface area (Å²) in [5, 5.41) is 2.53. The van der Waals surface area contributed by atoms with Crippen LogP contribution in [0.25, 0.3) is 0 Å². The normalized spacial score (nSPS) is 11.9. The first-order chi connectivity index (χ1) is 7.49. The molecular formula is C12H16N2O2. The number of benzene rings is 1. The summed E-state index contributed by atoms with van der Waals surface area (Å²) < 4.78 is 0. The van der Waals surface area contributed by atoms with Gasteiger partial charge in [0.25, 0.3) is 0 Å². The largest absolute Gasteiger partial charge is 0.368 e. The third kappa shape index (κ3) is 3.73. The molecule has 0 radical (unpaired) electrons. The number of aryl methyl sites for hydroxylation is 1. The summed E-state index contributed by atoms with van der Waals surface area (Å²) in [5.74, 6) is -0.772. The van der Waals surface area contributed by atoms with Gasteiger partial charge < -0.3 is 11.1 Å². The maximum atomic E-state index is 11.1. The van der Waals surface area contributed by atoms with Gasteiger partial charge in [0.15, 0.2) is 0 Å². The molecule has 0 fully saturated rings. The van der Waals surface area contributed by atoms with Crippen LogP contribution in [-0.2, 0) is 16.0 Å². The molecule has 3 N–H and O–H groups in total. The van der Waals surface area contributed by atoms with Gasteiger partial charge in [0.2, 0.25) is 11.8 Å². The molecule has 0 saturated heterocycles. The SMILES string of the molecule is CC(=O)N[C@H](Cc1ccc(C)cc1)C(N)=O. The molecule has 0 aliphatic carbocycles. The van der Waals surface area contributed by atoms with Gasteiger partial charge in [0, 0.05) is 13.3 Å². The van der Waals surface area contributed by atoms with Crippen LogP contribution in [0.5, 0.6) is 0 Å². The first kappa shape index (κ1) is 12.2. The molecule has 0 spiro atoms. The van der Waals surface area contributed by atoms with Gasteiger partial charge >= 0.3 is 0 Å². The summed E-state index contributed by atoms with van der Waals surface area (Å²) >= 11 is 0. The van der Waals surface area contributed by atoms with Crippen molar-refractivity contribution in [1.29, 1.82) is 0 Å². The zero-order valence-electron chi connectivity index (χ0n) is 9.49. The zero-order chi connectivity index (χ0) is 12.1. The van der Waals surface area contributed by atoms with Crippen molar-refractivity contribution in [1.82, 2.24) is 5.32 Å². The molecule has 2 amide bonds. The number of carbonyl (C=O) groups is 2. The van der Waals surface area contributed by atoms with Crippen molar-refractivity contribution < 1.29 is 9.59 Å². The fraction of sp³-hybridized carbons (Fsp3) is 0.333. The zero-order valence-corrected chi connectivity index (χ0v) is 9.49. The van der Waals surface area contributed by atoms with E-state index in [1.54, 1.807) is 0 Å². The highest BCUT2D eigenvalue weighted by molar-refractivity contribution is 5.85. The highest BCUT2D eigenvalue weighted by Gasteiger charge is 2.16. The van der Waals surface area contributed by atoms with Crippen molar-refractivity contribution in [3.63, 3.8) is 0 Å². The van der Waals surface area contributed by atoms with Gasteiger partial charge in [-0.1, -0.05) is 29.8 Å². The van der Waals surface area contributed by atoms with Crippen LogP contribution in [-0.4, -0.2) is 17.9 Å². The predicted octanol–water partition coefficient (Wildman–Crippen LogP) is 0.528. The Kier molecular flexibility index (Phi) is 4.05. The second kappa shape index (κ2) is 5.30. The third-order valence-corrected chi connectivity index (χ3v) is 2.28. The van der Waals surface area contributed by atoms with Crippen molar-refractivity contribution in [2.45, 2.75) is 26.3 Å². The second-order valence-corrected chi connectivity index (χ2v) is 3.85. The quantitative estimate of drug-likeness (QED) is 0.776. The van der Waals surface area contributed by atoms with Crippen LogP contribution in [0, 0.1) is 6.92 Å². The molecular weight excluding hydrogens is 204 g/mol. The Morgan fingerprint density at radius 2 is 1.88 bits per heavy atom. The Bertz CT molecular complexity index is 385. The van der Waals surface area contributed by atoms with Crippen LogP contribution in [0.4, 0.5) is 0 Å². The fourth-order valence-corrected chi connectivity index (χ4v) is 1.43. The van der Waals surface area contributed by atoms with Crippen molar-refractivity contribution >= 4 is 11.8 Å². The average Bonchev–Trinajstić information content (AvgIpc) is 2.19. The van der Waals surface area contributed by atoms with Crippen LogP contribution in [0.15, 0.2) is 24.3 Å². The molecule has 86 valence electrons. The van der Waals surface area contributed by atoms with E-state index in [0.717, 1.165) is 11.1 Å². The fourth-order valence-electron chi connectivity index (χ4n) is 1.43. The van der Waals surface area contributed by atoms with E-state index in [0.29, 0.717) is 6.42 Å². The predicted molar refractivity (Wildman–Crippen MR) is 61.7 cm³/mol. The molecule has 1 atom stereocenters. The number of carbonyl (C=O) groups excluding carboxylic acids is 2. The van der Waals surface area contributed by atoms with Gasteiger partial charge in [-0.05, 0) is 12.5 Å². The van der Waals surface area contributed by atoms with E-state index in [1.165, 1.54) is 6.92 Å². The first-order valence-corrected chi connectivity index (χ1v) is 5.11. The monoisotopic (exact) mass is 220 g/mol. The second-order valence-electron chi connectivity index (χ2n) is 3.85.